The molecule has 164 valence electrons. The van der Waals surface area contributed by atoms with Gasteiger partial charge in [0.2, 0.25) is 0 Å². The number of ether oxygens (including phenoxy) is 1. The first-order chi connectivity index (χ1) is 15.5. The maximum absolute atomic E-state index is 12.4. The number of hydrogen-bond donors (Lipinski definition) is 2. The average Bonchev–Trinajstić information content (AvgIpc) is 2.79. The lowest BCUT2D eigenvalue weighted by atomic mass is 10.0. The second-order valence-corrected chi connectivity index (χ2v) is 7.99. The van der Waals surface area contributed by atoms with Gasteiger partial charge in [-0.3, -0.25) is 9.78 Å². The lowest BCUT2D eigenvalue weighted by Gasteiger charge is -2.15. The van der Waals surface area contributed by atoms with E-state index in [1.165, 1.54) is 0 Å². The van der Waals surface area contributed by atoms with Crippen LogP contribution in [0, 0.1) is 0 Å². The molecule has 4 aromatic rings. The molecule has 0 aliphatic heterocycles. The van der Waals surface area contributed by atoms with Gasteiger partial charge in [0.1, 0.15) is 18.2 Å². The van der Waals surface area contributed by atoms with E-state index in [9.17, 15) is 4.79 Å². The van der Waals surface area contributed by atoms with E-state index >= 15 is 0 Å². The molecule has 0 saturated carbocycles. The van der Waals surface area contributed by atoms with Crippen molar-refractivity contribution < 1.29 is 9.53 Å². The van der Waals surface area contributed by atoms with Crippen LogP contribution >= 0.6 is 11.6 Å². The summed E-state index contributed by atoms with van der Waals surface area (Å²) in [5, 5.41) is 9.14. The minimum Gasteiger partial charge on any atom is -0.492 e. The third-order valence-electron chi connectivity index (χ3n) is 5.10. The van der Waals surface area contributed by atoms with E-state index in [1.807, 2.05) is 44.4 Å². The van der Waals surface area contributed by atoms with Crippen LogP contribution in [0.2, 0.25) is 5.02 Å². The zero-order valence-electron chi connectivity index (χ0n) is 18.1. The van der Waals surface area contributed by atoms with Crippen LogP contribution in [-0.2, 0) is 0 Å². The van der Waals surface area contributed by atoms with Crippen molar-refractivity contribution in [2.45, 2.75) is 0 Å². The Balaban J connectivity index is 1.75. The van der Waals surface area contributed by atoms with Gasteiger partial charge < -0.3 is 20.3 Å². The SMILES string of the molecule is CNC(=O)c1cccc2c1nc(Nc1ccc(OCCN(C)C)cc1Cl)c1ccncc12. The van der Waals surface area contributed by atoms with Gasteiger partial charge in [-0.2, -0.15) is 0 Å². The Morgan fingerprint density at radius 3 is 2.72 bits per heavy atom. The second-order valence-electron chi connectivity index (χ2n) is 7.58. The number of nitrogens with one attached hydrogen (secondary N) is 2. The Kier molecular flexibility index (Phi) is 6.39. The summed E-state index contributed by atoms with van der Waals surface area (Å²) in [4.78, 5) is 23.6. The minimum atomic E-state index is -0.199. The van der Waals surface area contributed by atoms with Crippen molar-refractivity contribution in [1.82, 2.24) is 20.2 Å². The van der Waals surface area contributed by atoms with Gasteiger partial charge in [-0.1, -0.05) is 23.7 Å². The van der Waals surface area contributed by atoms with Crippen LogP contribution in [0.5, 0.6) is 5.75 Å². The number of carbonyl (C=O) groups excluding carboxylic acids is 1. The topological polar surface area (TPSA) is 79.4 Å². The summed E-state index contributed by atoms with van der Waals surface area (Å²) in [7, 11) is 5.59. The summed E-state index contributed by atoms with van der Waals surface area (Å²) in [6.45, 7) is 1.38. The number of benzene rings is 2. The fraction of sp³-hybridized carbons (Fsp3) is 0.208. The van der Waals surface area contributed by atoms with Crippen molar-refractivity contribution in [3.05, 3.63) is 65.4 Å². The second kappa shape index (κ2) is 9.38. The van der Waals surface area contributed by atoms with Crippen LogP contribution in [0.3, 0.4) is 0 Å². The van der Waals surface area contributed by atoms with Crippen molar-refractivity contribution in [2.75, 3.05) is 39.6 Å². The van der Waals surface area contributed by atoms with Gasteiger partial charge in [0.15, 0.2) is 0 Å². The molecule has 0 radical (unpaired) electrons. The lowest BCUT2D eigenvalue weighted by Crippen LogP contribution is -2.19. The molecule has 0 atom stereocenters. The standard InChI is InChI=1S/C24H24ClN5O2/c1-26-24(31)18-6-4-5-16-19-14-27-10-9-17(19)23(29-22(16)18)28-21-8-7-15(13-20(21)25)32-12-11-30(2)3/h4-10,13-14H,11-12H2,1-3H3,(H,26,31)(H,28,29). The summed E-state index contributed by atoms with van der Waals surface area (Å²) in [6.07, 6.45) is 3.49. The Morgan fingerprint density at radius 2 is 1.97 bits per heavy atom. The number of carbonyl (C=O) groups is 1. The minimum absolute atomic E-state index is 0.199. The first-order valence-corrected chi connectivity index (χ1v) is 10.6. The van der Waals surface area contributed by atoms with Gasteiger partial charge in [-0.25, -0.2) is 4.98 Å². The zero-order chi connectivity index (χ0) is 22.7. The number of anilines is 2. The summed E-state index contributed by atoms with van der Waals surface area (Å²) in [5.41, 5.74) is 1.78. The molecular weight excluding hydrogens is 426 g/mol. The fourth-order valence-corrected chi connectivity index (χ4v) is 3.66. The molecule has 0 bridgehead atoms. The van der Waals surface area contributed by atoms with E-state index in [1.54, 1.807) is 31.6 Å². The van der Waals surface area contributed by atoms with Crippen LogP contribution in [0.4, 0.5) is 11.5 Å². The highest BCUT2D eigenvalue weighted by atomic mass is 35.5. The Morgan fingerprint density at radius 1 is 1.12 bits per heavy atom. The van der Waals surface area contributed by atoms with E-state index in [4.69, 9.17) is 21.3 Å². The van der Waals surface area contributed by atoms with Crippen LogP contribution in [0.15, 0.2) is 54.9 Å². The van der Waals surface area contributed by atoms with Gasteiger partial charge in [0, 0.05) is 48.2 Å². The molecule has 0 saturated heterocycles. The Bertz CT molecular complexity index is 1290. The van der Waals surface area contributed by atoms with Gasteiger partial charge >= 0.3 is 0 Å². The van der Waals surface area contributed by atoms with Gasteiger partial charge in [0.05, 0.1) is 21.8 Å². The third kappa shape index (κ3) is 4.44. The predicted molar refractivity (Wildman–Crippen MR) is 129 cm³/mol. The largest absolute Gasteiger partial charge is 0.492 e. The summed E-state index contributed by atoms with van der Waals surface area (Å²) in [5.74, 6) is 1.09. The highest BCUT2D eigenvalue weighted by Gasteiger charge is 2.15. The van der Waals surface area contributed by atoms with E-state index < -0.39 is 0 Å². The monoisotopic (exact) mass is 449 g/mol. The smallest absolute Gasteiger partial charge is 0.253 e. The number of hydrogen-bond acceptors (Lipinski definition) is 6. The number of halogens is 1. The lowest BCUT2D eigenvalue weighted by molar-refractivity contribution is 0.0964. The molecule has 0 spiro atoms. The molecule has 8 heteroatoms. The molecule has 2 aromatic heterocycles. The first kappa shape index (κ1) is 21.8. The third-order valence-corrected chi connectivity index (χ3v) is 5.41. The number of likely N-dealkylation sites (N-methyl/N-ethyl adjacent to an activating group) is 1. The maximum Gasteiger partial charge on any atom is 0.253 e. The molecule has 0 fully saturated rings. The average molecular weight is 450 g/mol. The number of rotatable bonds is 7. The van der Waals surface area contributed by atoms with Gasteiger partial charge in [-0.05, 0) is 38.4 Å². The normalized spacial score (nSPS) is 11.2. The zero-order valence-corrected chi connectivity index (χ0v) is 18.9. The Labute approximate surface area is 191 Å². The van der Waals surface area contributed by atoms with Crippen LogP contribution in [0.25, 0.3) is 21.7 Å². The molecule has 4 rings (SSSR count). The molecule has 2 aromatic carbocycles. The number of amides is 1. The van der Waals surface area contributed by atoms with Crippen LogP contribution < -0.4 is 15.4 Å². The molecule has 7 nitrogen and oxygen atoms in total. The molecule has 0 aliphatic carbocycles. The van der Waals surface area contributed by atoms with Crippen molar-refractivity contribution in [3.63, 3.8) is 0 Å². The quantitative estimate of drug-likeness (QED) is 0.405. The van der Waals surface area contributed by atoms with Crippen LogP contribution in [-0.4, -0.2) is 55.1 Å². The van der Waals surface area contributed by atoms with Gasteiger partial charge in [-0.15, -0.1) is 0 Å². The number of para-hydroxylation sites is 1. The molecule has 2 N–H and O–H groups in total. The molecule has 1 amide bonds. The molecule has 0 aliphatic rings. The molecule has 0 unspecified atom stereocenters. The number of pyridine rings is 2. The van der Waals surface area contributed by atoms with Crippen molar-refractivity contribution in [2.24, 2.45) is 0 Å². The Hall–Kier alpha value is -3.42. The van der Waals surface area contributed by atoms with E-state index in [0.29, 0.717) is 40.0 Å². The summed E-state index contributed by atoms with van der Waals surface area (Å²) < 4.78 is 5.76. The van der Waals surface area contributed by atoms with Gasteiger partial charge in [0.25, 0.3) is 5.91 Å². The van der Waals surface area contributed by atoms with E-state index in [2.05, 4.69) is 20.5 Å². The number of aromatic nitrogens is 2. The number of nitrogens with zero attached hydrogens (tertiary/aromatic N) is 3. The molecule has 32 heavy (non-hydrogen) atoms. The van der Waals surface area contributed by atoms with E-state index in [0.717, 1.165) is 22.7 Å². The molecule has 2 heterocycles. The van der Waals surface area contributed by atoms with Crippen molar-refractivity contribution in [1.29, 1.82) is 0 Å². The first-order valence-electron chi connectivity index (χ1n) is 10.2. The maximum atomic E-state index is 12.4. The fourth-order valence-electron chi connectivity index (χ4n) is 3.44. The highest BCUT2D eigenvalue weighted by Crippen LogP contribution is 2.34. The van der Waals surface area contributed by atoms with Crippen molar-refractivity contribution >= 4 is 50.7 Å². The van der Waals surface area contributed by atoms with E-state index in [-0.39, 0.29) is 5.91 Å². The predicted octanol–water partition coefficient (Wildman–Crippen LogP) is 4.48. The summed E-state index contributed by atoms with van der Waals surface area (Å²) >= 11 is 6.54. The van der Waals surface area contributed by atoms with Crippen LogP contribution in [0.1, 0.15) is 10.4 Å². The number of fused-ring (bicyclic) bond motifs is 3. The highest BCUT2D eigenvalue weighted by molar-refractivity contribution is 6.33. The van der Waals surface area contributed by atoms with Crippen molar-refractivity contribution in [3.8, 4) is 5.75 Å². The summed E-state index contributed by atoms with van der Waals surface area (Å²) in [6, 6.07) is 12.9. The molecular formula is C24H24ClN5O2.